The van der Waals surface area contributed by atoms with Crippen LogP contribution in [-0.2, 0) is 6.61 Å². The predicted octanol–water partition coefficient (Wildman–Crippen LogP) is 3.44. The number of nitrogens with zero attached hydrogens (tertiary/aromatic N) is 2. The first-order chi connectivity index (χ1) is 12.3. The number of rotatable bonds is 4. The molecule has 0 amide bonds. The molecular weight excluding hydrogens is 316 g/mol. The van der Waals surface area contributed by atoms with Crippen molar-refractivity contribution in [3.05, 3.63) is 82.9 Å². The lowest BCUT2D eigenvalue weighted by Gasteiger charge is -2.11. The third-order valence-corrected chi connectivity index (χ3v) is 4.08. The van der Waals surface area contributed by atoms with Crippen molar-refractivity contribution in [2.24, 2.45) is 0 Å². The maximum absolute atomic E-state index is 12.7. The summed E-state index contributed by atoms with van der Waals surface area (Å²) in [6.45, 7) is 0.410. The monoisotopic (exact) mass is 332 g/mol. The number of hydrogen-bond donors (Lipinski definition) is 0. The zero-order valence-electron chi connectivity index (χ0n) is 13.7. The van der Waals surface area contributed by atoms with Gasteiger partial charge in [-0.05, 0) is 23.8 Å². The van der Waals surface area contributed by atoms with Gasteiger partial charge in [-0.15, -0.1) is 0 Å². The molecule has 124 valence electrons. The molecule has 0 atom stereocenters. The molecule has 5 nitrogen and oxygen atoms in total. The van der Waals surface area contributed by atoms with Crippen LogP contribution in [0, 0.1) is 0 Å². The van der Waals surface area contributed by atoms with Crippen molar-refractivity contribution < 1.29 is 9.47 Å². The van der Waals surface area contributed by atoms with E-state index in [1.165, 1.54) is 0 Å². The molecule has 4 rings (SSSR count). The second-order valence-electron chi connectivity index (χ2n) is 5.66. The largest absolute Gasteiger partial charge is 0.493 e. The molecule has 4 aromatic rings. The first-order valence-corrected chi connectivity index (χ1v) is 7.91. The standard InChI is InChI=1S/C20H16N2O3/c1-24-18-10-16-17(21-12-15-8-5-9-22(15)20(16)23)11-19(18)25-13-14-6-3-2-4-7-14/h2-12H,13H2,1H3. The van der Waals surface area contributed by atoms with E-state index in [9.17, 15) is 4.79 Å². The SMILES string of the molecule is COc1cc2c(=O)n3cccc3cnc2cc1OCc1ccccc1. The summed E-state index contributed by atoms with van der Waals surface area (Å²) in [6.07, 6.45) is 3.41. The Bertz CT molecular complexity index is 1100. The van der Waals surface area contributed by atoms with Crippen LogP contribution in [-0.4, -0.2) is 16.5 Å². The number of aromatic nitrogens is 2. The van der Waals surface area contributed by atoms with Gasteiger partial charge in [0.25, 0.3) is 5.56 Å². The van der Waals surface area contributed by atoms with E-state index in [4.69, 9.17) is 9.47 Å². The Morgan fingerprint density at radius 2 is 1.88 bits per heavy atom. The first kappa shape index (κ1) is 15.2. The third kappa shape index (κ3) is 2.80. The molecule has 0 N–H and O–H groups in total. The molecule has 0 saturated carbocycles. The van der Waals surface area contributed by atoms with Crippen molar-refractivity contribution in [2.45, 2.75) is 6.61 Å². The smallest absolute Gasteiger partial charge is 0.264 e. The van der Waals surface area contributed by atoms with Gasteiger partial charge in [-0.3, -0.25) is 14.2 Å². The molecule has 0 aliphatic heterocycles. The van der Waals surface area contributed by atoms with Gasteiger partial charge in [0.15, 0.2) is 11.5 Å². The highest BCUT2D eigenvalue weighted by atomic mass is 16.5. The number of fused-ring (bicyclic) bond motifs is 2. The minimum absolute atomic E-state index is 0.139. The minimum Gasteiger partial charge on any atom is -0.493 e. The van der Waals surface area contributed by atoms with Gasteiger partial charge in [0.05, 0.1) is 29.7 Å². The number of methoxy groups -OCH3 is 1. The molecule has 0 aliphatic carbocycles. The van der Waals surface area contributed by atoms with Crippen LogP contribution < -0.4 is 15.0 Å². The van der Waals surface area contributed by atoms with Gasteiger partial charge >= 0.3 is 0 Å². The van der Waals surface area contributed by atoms with Gasteiger partial charge in [-0.25, -0.2) is 0 Å². The summed E-state index contributed by atoms with van der Waals surface area (Å²) >= 11 is 0. The van der Waals surface area contributed by atoms with Gasteiger partial charge in [-0.1, -0.05) is 30.3 Å². The molecule has 0 spiro atoms. The molecule has 0 saturated heterocycles. The Kier molecular flexibility index (Phi) is 3.82. The molecule has 0 fully saturated rings. The lowest BCUT2D eigenvalue weighted by atomic mass is 10.2. The lowest BCUT2D eigenvalue weighted by molar-refractivity contribution is 0.285. The van der Waals surface area contributed by atoms with Crippen molar-refractivity contribution in [2.75, 3.05) is 7.11 Å². The highest BCUT2D eigenvalue weighted by molar-refractivity contribution is 5.82. The second-order valence-corrected chi connectivity index (χ2v) is 5.66. The Labute approximate surface area is 144 Å². The van der Waals surface area contributed by atoms with Gasteiger partial charge in [0.2, 0.25) is 0 Å². The van der Waals surface area contributed by atoms with Crippen LogP contribution in [0.2, 0.25) is 0 Å². The van der Waals surface area contributed by atoms with E-state index in [1.807, 2.05) is 42.5 Å². The molecule has 0 unspecified atom stereocenters. The van der Waals surface area contributed by atoms with Gasteiger partial charge < -0.3 is 9.47 Å². The van der Waals surface area contributed by atoms with Crippen LogP contribution in [0.5, 0.6) is 11.5 Å². The Hall–Kier alpha value is -3.34. The van der Waals surface area contributed by atoms with Crippen LogP contribution in [0.25, 0.3) is 16.4 Å². The Morgan fingerprint density at radius 3 is 2.68 bits per heavy atom. The van der Waals surface area contributed by atoms with Gasteiger partial charge in [0.1, 0.15) is 6.61 Å². The Balaban J connectivity index is 1.82. The van der Waals surface area contributed by atoms with E-state index < -0.39 is 0 Å². The van der Waals surface area contributed by atoms with Crippen LogP contribution in [0.3, 0.4) is 0 Å². The maximum Gasteiger partial charge on any atom is 0.264 e. The van der Waals surface area contributed by atoms with Crippen molar-refractivity contribution in [3.63, 3.8) is 0 Å². The zero-order valence-corrected chi connectivity index (χ0v) is 13.7. The van der Waals surface area contributed by atoms with Crippen molar-refractivity contribution in [3.8, 4) is 11.5 Å². The van der Waals surface area contributed by atoms with E-state index in [-0.39, 0.29) is 5.56 Å². The summed E-state index contributed by atoms with van der Waals surface area (Å²) < 4.78 is 12.9. The fraction of sp³-hybridized carbons (Fsp3) is 0.100. The summed E-state index contributed by atoms with van der Waals surface area (Å²) in [5.41, 5.74) is 2.22. The fourth-order valence-corrected chi connectivity index (χ4v) is 2.78. The topological polar surface area (TPSA) is 52.8 Å². The highest BCUT2D eigenvalue weighted by Gasteiger charge is 2.11. The fourth-order valence-electron chi connectivity index (χ4n) is 2.78. The lowest BCUT2D eigenvalue weighted by Crippen LogP contribution is -2.08. The highest BCUT2D eigenvalue weighted by Crippen LogP contribution is 2.31. The molecule has 5 heteroatoms. The summed E-state index contributed by atoms with van der Waals surface area (Å²) in [5.74, 6) is 1.07. The summed E-state index contributed by atoms with van der Waals surface area (Å²) in [6, 6.07) is 17.0. The van der Waals surface area contributed by atoms with E-state index >= 15 is 0 Å². The average Bonchev–Trinajstić information content (AvgIpc) is 3.08. The normalized spacial score (nSPS) is 10.9. The van der Waals surface area contributed by atoms with Gasteiger partial charge in [0, 0.05) is 12.3 Å². The Morgan fingerprint density at radius 1 is 1.04 bits per heavy atom. The number of hydrogen-bond acceptors (Lipinski definition) is 4. The van der Waals surface area contributed by atoms with Crippen LogP contribution in [0.1, 0.15) is 5.56 Å². The maximum atomic E-state index is 12.7. The van der Waals surface area contributed by atoms with Crippen molar-refractivity contribution in [1.82, 2.24) is 9.38 Å². The average molecular weight is 332 g/mol. The molecule has 0 aliphatic rings. The molecule has 2 aromatic heterocycles. The third-order valence-electron chi connectivity index (χ3n) is 4.08. The van der Waals surface area contributed by atoms with Crippen LogP contribution in [0.4, 0.5) is 0 Å². The number of ether oxygens (including phenoxy) is 2. The molecular formula is C20H16N2O3. The summed E-state index contributed by atoms with van der Waals surface area (Å²) in [4.78, 5) is 17.2. The first-order valence-electron chi connectivity index (χ1n) is 7.91. The van der Waals surface area contributed by atoms with E-state index in [1.54, 1.807) is 36.0 Å². The molecule has 2 aromatic carbocycles. The second kappa shape index (κ2) is 6.28. The molecule has 25 heavy (non-hydrogen) atoms. The molecule has 0 bridgehead atoms. The zero-order chi connectivity index (χ0) is 17.2. The molecule has 0 radical (unpaired) electrons. The van der Waals surface area contributed by atoms with E-state index in [0.29, 0.717) is 29.0 Å². The van der Waals surface area contributed by atoms with E-state index in [2.05, 4.69) is 4.98 Å². The molecule has 2 heterocycles. The van der Waals surface area contributed by atoms with Crippen LogP contribution >= 0.6 is 0 Å². The van der Waals surface area contributed by atoms with Crippen LogP contribution in [0.15, 0.2) is 71.8 Å². The van der Waals surface area contributed by atoms with Crippen molar-refractivity contribution >= 4 is 16.4 Å². The van der Waals surface area contributed by atoms with E-state index in [0.717, 1.165) is 11.1 Å². The number of benzene rings is 2. The predicted molar refractivity (Wildman–Crippen MR) is 96.3 cm³/mol. The minimum atomic E-state index is -0.139. The summed E-state index contributed by atoms with van der Waals surface area (Å²) in [5, 5.41) is 0.482. The van der Waals surface area contributed by atoms with Gasteiger partial charge in [-0.2, -0.15) is 0 Å². The summed E-state index contributed by atoms with van der Waals surface area (Å²) in [7, 11) is 1.56. The quantitative estimate of drug-likeness (QED) is 0.574. The van der Waals surface area contributed by atoms with Crippen molar-refractivity contribution in [1.29, 1.82) is 0 Å².